The lowest BCUT2D eigenvalue weighted by Gasteiger charge is -2.38. The van der Waals surface area contributed by atoms with Crippen molar-refractivity contribution in [3.8, 4) is 0 Å². The van der Waals surface area contributed by atoms with Crippen LogP contribution in [0.15, 0.2) is 24.3 Å². The molecule has 0 saturated carbocycles. The quantitative estimate of drug-likeness (QED) is 0.867. The van der Waals surface area contributed by atoms with Crippen LogP contribution < -0.4 is 11.1 Å². The zero-order valence-corrected chi connectivity index (χ0v) is 14.0. The first-order valence-electron chi connectivity index (χ1n) is 8.21. The van der Waals surface area contributed by atoms with Crippen molar-refractivity contribution in [3.63, 3.8) is 0 Å². The first-order valence-corrected chi connectivity index (χ1v) is 8.21. The molecule has 1 aliphatic rings. The molecule has 1 aromatic carbocycles. The van der Waals surface area contributed by atoms with E-state index in [1.165, 1.54) is 12.1 Å². The van der Waals surface area contributed by atoms with Gasteiger partial charge in [-0.25, -0.2) is 0 Å². The fraction of sp³-hybridized carbons (Fsp3) is 0.529. The number of rotatable bonds is 4. The molecule has 0 bridgehead atoms. The van der Waals surface area contributed by atoms with E-state index in [1.807, 2.05) is 6.92 Å². The maximum absolute atomic E-state index is 13.0. The summed E-state index contributed by atoms with van der Waals surface area (Å²) in [5.41, 5.74) is 4.39. The number of hydrogen-bond donors (Lipinski definition) is 2. The lowest BCUT2D eigenvalue weighted by molar-refractivity contribution is -0.138. The lowest BCUT2D eigenvalue weighted by Crippen LogP contribution is -2.54. The highest BCUT2D eigenvalue weighted by Crippen LogP contribution is 2.31. The second-order valence-corrected chi connectivity index (χ2v) is 6.24. The summed E-state index contributed by atoms with van der Waals surface area (Å²) in [6, 6.07) is 4.18. The third kappa shape index (κ3) is 4.72. The molecule has 8 heteroatoms. The Kier molecular flexibility index (Phi) is 6.05. The lowest BCUT2D eigenvalue weighted by atomic mass is 9.97. The summed E-state index contributed by atoms with van der Waals surface area (Å²) in [4.78, 5) is 26.1. The number of alkyl halides is 3. The van der Waals surface area contributed by atoms with E-state index in [2.05, 4.69) is 5.32 Å². The van der Waals surface area contributed by atoms with Gasteiger partial charge in [-0.3, -0.25) is 9.59 Å². The summed E-state index contributed by atoms with van der Waals surface area (Å²) >= 11 is 0. The minimum Gasteiger partial charge on any atom is -0.343 e. The molecule has 0 aliphatic carbocycles. The van der Waals surface area contributed by atoms with Crippen molar-refractivity contribution in [2.24, 2.45) is 5.73 Å². The molecule has 0 radical (unpaired) electrons. The number of benzene rings is 1. The number of nitrogens with one attached hydrogen (secondary N) is 1. The molecular weight excluding hydrogens is 335 g/mol. The van der Waals surface area contributed by atoms with Crippen molar-refractivity contribution in [3.05, 3.63) is 35.4 Å². The van der Waals surface area contributed by atoms with E-state index in [-0.39, 0.29) is 24.5 Å². The molecular formula is C17H22F3N3O2. The molecule has 2 unspecified atom stereocenters. The molecule has 3 N–H and O–H groups in total. The van der Waals surface area contributed by atoms with E-state index in [1.54, 1.807) is 4.90 Å². The molecule has 2 rings (SSSR count). The molecule has 5 nitrogen and oxygen atoms in total. The maximum atomic E-state index is 13.0. The fourth-order valence-corrected chi connectivity index (χ4v) is 3.09. The van der Waals surface area contributed by atoms with Gasteiger partial charge in [-0.15, -0.1) is 0 Å². The molecule has 2 amide bonds. The number of carbonyl (C=O) groups excluding carboxylic acids is 2. The van der Waals surface area contributed by atoms with Gasteiger partial charge >= 0.3 is 6.18 Å². The molecule has 138 valence electrons. The maximum Gasteiger partial charge on any atom is 0.417 e. The van der Waals surface area contributed by atoms with E-state index < -0.39 is 23.2 Å². The van der Waals surface area contributed by atoms with Crippen LogP contribution in [0.5, 0.6) is 0 Å². The first-order chi connectivity index (χ1) is 11.7. The zero-order chi connectivity index (χ0) is 18.6. The average Bonchev–Trinajstić information content (AvgIpc) is 2.58. The van der Waals surface area contributed by atoms with Gasteiger partial charge < -0.3 is 16.0 Å². The topological polar surface area (TPSA) is 75.4 Å². The van der Waals surface area contributed by atoms with Crippen molar-refractivity contribution in [1.29, 1.82) is 0 Å². The van der Waals surface area contributed by atoms with Gasteiger partial charge in [0.05, 0.1) is 17.7 Å². The summed E-state index contributed by atoms with van der Waals surface area (Å²) in [7, 11) is 0. The highest BCUT2D eigenvalue weighted by molar-refractivity contribution is 5.97. The smallest absolute Gasteiger partial charge is 0.343 e. The standard InChI is InChI=1S/C17H22F3N3O2/c1-11(21)14-8-4-5-9-23(14)15(24)10-22-16(25)12-6-2-3-7-13(12)17(18,19)20/h2-3,6-7,11,14H,4-5,8-10,21H2,1H3,(H,22,25). The Labute approximate surface area is 144 Å². The number of likely N-dealkylation sites (tertiary alicyclic amines) is 1. The Morgan fingerprint density at radius 3 is 2.64 bits per heavy atom. The van der Waals surface area contributed by atoms with Gasteiger partial charge in [-0.2, -0.15) is 13.2 Å². The second-order valence-electron chi connectivity index (χ2n) is 6.24. The Morgan fingerprint density at radius 1 is 1.32 bits per heavy atom. The zero-order valence-electron chi connectivity index (χ0n) is 14.0. The van der Waals surface area contributed by atoms with Crippen molar-refractivity contribution in [1.82, 2.24) is 10.2 Å². The first kappa shape index (κ1) is 19.2. The van der Waals surface area contributed by atoms with Crippen LogP contribution in [0.4, 0.5) is 13.2 Å². The number of nitrogens with zero attached hydrogens (tertiary/aromatic N) is 1. The Hall–Kier alpha value is -2.09. The Bertz CT molecular complexity index is 632. The fourth-order valence-electron chi connectivity index (χ4n) is 3.09. The van der Waals surface area contributed by atoms with Crippen LogP contribution in [0.3, 0.4) is 0 Å². The van der Waals surface area contributed by atoms with Gasteiger partial charge in [0, 0.05) is 18.6 Å². The van der Waals surface area contributed by atoms with Crippen LogP contribution in [0.1, 0.15) is 42.1 Å². The SMILES string of the molecule is CC(N)C1CCCCN1C(=O)CNC(=O)c1ccccc1C(F)(F)F. The molecule has 0 spiro atoms. The number of amides is 2. The highest BCUT2D eigenvalue weighted by atomic mass is 19.4. The Balaban J connectivity index is 2.04. The predicted octanol–water partition coefficient (Wildman–Crippen LogP) is 2.16. The van der Waals surface area contributed by atoms with Crippen molar-refractivity contribution in [2.45, 2.75) is 44.4 Å². The normalized spacial score (nSPS) is 19.4. The van der Waals surface area contributed by atoms with E-state index in [9.17, 15) is 22.8 Å². The Morgan fingerprint density at radius 2 is 2.00 bits per heavy atom. The van der Waals surface area contributed by atoms with Crippen molar-refractivity contribution in [2.75, 3.05) is 13.1 Å². The second kappa shape index (κ2) is 7.86. The third-order valence-electron chi connectivity index (χ3n) is 4.35. The summed E-state index contributed by atoms with van der Waals surface area (Å²) in [5.74, 6) is -1.25. The van der Waals surface area contributed by atoms with Crippen molar-refractivity contribution < 1.29 is 22.8 Å². The molecule has 1 heterocycles. The molecule has 1 fully saturated rings. The molecule has 1 aromatic rings. The van der Waals surface area contributed by atoms with E-state index in [0.29, 0.717) is 6.54 Å². The van der Waals surface area contributed by atoms with Crippen LogP contribution in [-0.2, 0) is 11.0 Å². The predicted molar refractivity (Wildman–Crippen MR) is 86.8 cm³/mol. The number of nitrogens with two attached hydrogens (primary N) is 1. The van der Waals surface area contributed by atoms with E-state index >= 15 is 0 Å². The number of hydrogen-bond acceptors (Lipinski definition) is 3. The minimum atomic E-state index is -4.63. The third-order valence-corrected chi connectivity index (χ3v) is 4.35. The summed E-state index contributed by atoms with van der Waals surface area (Å²) < 4.78 is 38.9. The van der Waals surface area contributed by atoms with Gasteiger partial charge in [0.1, 0.15) is 0 Å². The highest BCUT2D eigenvalue weighted by Gasteiger charge is 2.35. The van der Waals surface area contributed by atoms with Crippen LogP contribution >= 0.6 is 0 Å². The van der Waals surface area contributed by atoms with Gasteiger partial charge in [0.15, 0.2) is 0 Å². The number of piperidine rings is 1. The molecule has 0 aromatic heterocycles. The molecule has 1 saturated heterocycles. The van der Waals surface area contributed by atoms with Crippen LogP contribution in [0.2, 0.25) is 0 Å². The summed E-state index contributed by atoms with van der Waals surface area (Å²) in [6.07, 6.45) is -2.03. The van der Waals surface area contributed by atoms with Crippen LogP contribution in [-0.4, -0.2) is 41.9 Å². The van der Waals surface area contributed by atoms with Gasteiger partial charge in [-0.05, 0) is 38.3 Å². The van der Waals surface area contributed by atoms with E-state index in [4.69, 9.17) is 5.73 Å². The molecule has 1 aliphatic heterocycles. The largest absolute Gasteiger partial charge is 0.417 e. The number of carbonyl (C=O) groups is 2. The minimum absolute atomic E-state index is 0.111. The number of halogens is 3. The summed E-state index contributed by atoms with van der Waals surface area (Å²) in [5, 5.41) is 2.30. The van der Waals surface area contributed by atoms with Gasteiger partial charge in [0.25, 0.3) is 5.91 Å². The van der Waals surface area contributed by atoms with Crippen molar-refractivity contribution >= 4 is 11.8 Å². The monoisotopic (exact) mass is 357 g/mol. The van der Waals surface area contributed by atoms with Crippen LogP contribution in [0.25, 0.3) is 0 Å². The van der Waals surface area contributed by atoms with Gasteiger partial charge in [-0.1, -0.05) is 12.1 Å². The van der Waals surface area contributed by atoms with Crippen LogP contribution in [0, 0.1) is 0 Å². The van der Waals surface area contributed by atoms with Gasteiger partial charge in [0.2, 0.25) is 5.91 Å². The average molecular weight is 357 g/mol. The summed E-state index contributed by atoms with van der Waals surface area (Å²) in [6.45, 7) is 2.00. The molecule has 25 heavy (non-hydrogen) atoms. The van der Waals surface area contributed by atoms with E-state index in [0.717, 1.165) is 31.4 Å². The molecule has 2 atom stereocenters.